The Labute approximate surface area is 107 Å². The highest BCUT2D eigenvalue weighted by Crippen LogP contribution is 2.32. The standard InChI is InChI=1S/C14H16O2S/c1-9(2)14(15)16-12-5-3-11-8-13(17)6-4-10(11)7-12/h3-6,9-10H,7-8H2,1-2H3. The molecule has 2 rings (SSSR count). The summed E-state index contributed by atoms with van der Waals surface area (Å²) in [5.74, 6) is 0.857. The Morgan fingerprint density at radius 3 is 2.94 bits per heavy atom. The molecule has 2 nitrogen and oxygen atoms in total. The van der Waals surface area contributed by atoms with Crippen LogP contribution in [0.4, 0.5) is 0 Å². The van der Waals surface area contributed by atoms with Crippen LogP contribution in [0.3, 0.4) is 0 Å². The van der Waals surface area contributed by atoms with Gasteiger partial charge in [-0.3, -0.25) is 4.79 Å². The fourth-order valence-electron chi connectivity index (χ4n) is 1.93. The van der Waals surface area contributed by atoms with Gasteiger partial charge in [-0.2, -0.15) is 0 Å². The van der Waals surface area contributed by atoms with Crippen LogP contribution in [0, 0.1) is 11.8 Å². The van der Waals surface area contributed by atoms with Crippen molar-refractivity contribution in [2.45, 2.75) is 26.7 Å². The number of allylic oxidation sites excluding steroid dienone is 6. The van der Waals surface area contributed by atoms with E-state index < -0.39 is 0 Å². The van der Waals surface area contributed by atoms with Crippen LogP contribution in [0.1, 0.15) is 26.7 Å². The van der Waals surface area contributed by atoms with Crippen molar-refractivity contribution in [2.24, 2.45) is 11.8 Å². The van der Waals surface area contributed by atoms with E-state index in [-0.39, 0.29) is 11.9 Å². The van der Waals surface area contributed by atoms with Gasteiger partial charge in [0.2, 0.25) is 0 Å². The molecule has 0 saturated carbocycles. The molecule has 0 aliphatic heterocycles. The van der Waals surface area contributed by atoms with Crippen molar-refractivity contribution in [3.63, 3.8) is 0 Å². The largest absolute Gasteiger partial charge is 0.431 e. The molecule has 0 fully saturated rings. The molecule has 1 unspecified atom stereocenters. The number of hydrogen-bond acceptors (Lipinski definition) is 3. The van der Waals surface area contributed by atoms with Crippen molar-refractivity contribution >= 4 is 23.1 Å². The lowest BCUT2D eigenvalue weighted by Crippen LogP contribution is -2.18. The maximum absolute atomic E-state index is 11.5. The quantitative estimate of drug-likeness (QED) is 0.554. The van der Waals surface area contributed by atoms with Crippen molar-refractivity contribution in [1.29, 1.82) is 0 Å². The molecule has 2 aliphatic rings. The summed E-state index contributed by atoms with van der Waals surface area (Å²) in [6.45, 7) is 3.68. The molecule has 1 atom stereocenters. The van der Waals surface area contributed by atoms with Crippen molar-refractivity contribution in [3.05, 3.63) is 35.6 Å². The van der Waals surface area contributed by atoms with Gasteiger partial charge in [0, 0.05) is 23.6 Å². The van der Waals surface area contributed by atoms with Gasteiger partial charge in [0.25, 0.3) is 0 Å². The van der Waals surface area contributed by atoms with Crippen LogP contribution in [0.2, 0.25) is 0 Å². The molecule has 0 saturated heterocycles. The molecule has 0 aromatic carbocycles. The van der Waals surface area contributed by atoms with Crippen LogP contribution in [-0.2, 0) is 9.53 Å². The minimum atomic E-state index is -0.164. The fraction of sp³-hybridized carbons (Fsp3) is 0.429. The average molecular weight is 248 g/mol. The van der Waals surface area contributed by atoms with Crippen LogP contribution in [0.25, 0.3) is 0 Å². The Bertz CT molecular complexity index is 441. The zero-order chi connectivity index (χ0) is 12.4. The van der Waals surface area contributed by atoms with E-state index >= 15 is 0 Å². The number of thiocarbonyl (C=S) groups is 1. The first kappa shape index (κ1) is 12.2. The minimum absolute atomic E-state index is 0.0873. The van der Waals surface area contributed by atoms with Crippen molar-refractivity contribution in [3.8, 4) is 0 Å². The second-order valence-electron chi connectivity index (χ2n) is 4.76. The lowest BCUT2D eigenvalue weighted by Gasteiger charge is -2.25. The number of hydrogen-bond donors (Lipinski definition) is 0. The van der Waals surface area contributed by atoms with Crippen molar-refractivity contribution < 1.29 is 9.53 Å². The summed E-state index contributed by atoms with van der Waals surface area (Å²) in [6, 6.07) is 0. The Balaban J connectivity index is 2.07. The molecule has 0 amide bonds. The number of esters is 1. The maximum Gasteiger partial charge on any atom is 0.313 e. The van der Waals surface area contributed by atoms with E-state index in [1.807, 2.05) is 32.1 Å². The third kappa shape index (κ3) is 2.91. The molecule has 0 bridgehead atoms. The maximum atomic E-state index is 11.5. The van der Waals surface area contributed by atoms with Gasteiger partial charge in [0.05, 0.1) is 5.92 Å². The number of rotatable bonds is 2. The average Bonchev–Trinajstić information content (AvgIpc) is 2.29. The molecule has 0 spiro atoms. The number of carbonyl (C=O) groups excluding carboxylic acids is 1. The molecule has 17 heavy (non-hydrogen) atoms. The number of ether oxygens (including phenoxy) is 1. The molecule has 0 aromatic rings. The van der Waals surface area contributed by atoms with Gasteiger partial charge in [-0.05, 0) is 6.08 Å². The Hall–Kier alpha value is -1.22. The highest BCUT2D eigenvalue weighted by Gasteiger charge is 2.23. The molecular weight excluding hydrogens is 232 g/mol. The van der Waals surface area contributed by atoms with E-state index in [0.29, 0.717) is 5.92 Å². The molecular formula is C14H16O2S. The van der Waals surface area contributed by atoms with Crippen LogP contribution in [0.15, 0.2) is 35.6 Å². The summed E-state index contributed by atoms with van der Waals surface area (Å²) >= 11 is 5.17. The third-order valence-corrected chi connectivity index (χ3v) is 3.26. The molecule has 3 heteroatoms. The van der Waals surface area contributed by atoms with Crippen LogP contribution in [-0.4, -0.2) is 10.8 Å². The lowest BCUT2D eigenvalue weighted by atomic mass is 9.84. The second-order valence-corrected chi connectivity index (χ2v) is 5.29. The first-order valence-electron chi connectivity index (χ1n) is 5.88. The van der Waals surface area contributed by atoms with E-state index in [0.717, 1.165) is 23.5 Å². The van der Waals surface area contributed by atoms with Gasteiger partial charge < -0.3 is 4.74 Å². The highest BCUT2D eigenvalue weighted by atomic mass is 32.1. The van der Waals surface area contributed by atoms with E-state index in [9.17, 15) is 4.79 Å². The summed E-state index contributed by atoms with van der Waals surface area (Å²) in [5.41, 5.74) is 1.32. The third-order valence-electron chi connectivity index (χ3n) is 2.98. The monoisotopic (exact) mass is 248 g/mol. The zero-order valence-electron chi connectivity index (χ0n) is 10.1. The Morgan fingerprint density at radius 1 is 1.47 bits per heavy atom. The van der Waals surface area contributed by atoms with Gasteiger partial charge in [0.1, 0.15) is 5.76 Å². The van der Waals surface area contributed by atoms with Gasteiger partial charge >= 0.3 is 5.97 Å². The molecule has 90 valence electrons. The van der Waals surface area contributed by atoms with Gasteiger partial charge in [-0.15, -0.1) is 0 Å². The predicted octanol–water partition coefficient (Wildman–Crippen LogP) is 3.35. The summed E-state index contributed by atoms with van der Waals surface area (Å²) in [7, 11) is 0. The summed E-state index contributed by atoms with van der Waals surface area (Å²) in [4.78, 5) is 12.5. The normalized spacial score (nSPS) is 23.0. The van der Waals surface area contributed by atoms with Crippen LogP contribution < -0.4 is 0 Å². The van der Waals surface area contributed by atoms with Gasteiger partial charge in [-0.25, -0.2) is 0 Å². The zero-order valence-corrected chi connectivity index (χ0v) is 10.9. The molecule has 0 aromatic heterocycles. The predicted molar refractivity (Wildman–Crippen MR) is 71.6 cm³/mol. The van der Waals surface area contributed by atoms with E-state index in [1.54, 1.807) is 0 Å². The topological polar surface area (TPSA) is 26.3 Å². The van der Waals surface area contributed by atoms with E-state index in [2.05, 4.69) is 6.08 Å². The molecule has 0 radical (unpaired) electrons. The summed E-state index contributed by atoms with van der Waals surface area (Å²) in [5, 5.41) is 0. The SMILES string of the molecule is CC(C)C(=O)OC1=CC=C2CC(=S)C=CC2C1. The second kappa shape index (κ2) is 4.96. The van der Waals surface area contributed by atoms with Crippen LogP contribution in [0.5, 0.6) is 0 Å². The van der Waals surface area contributed by atoms with Crippen LogP contribution >= 0.6 is 12.2 Å². The first-order chi connectivity index (χ1) is 8.06. The van der Waals surface area contributed by atoms with E-state index in [4.69, 9.17) is 17.0 Å². The highest BCUT2D eigenvalue weighted by molar-refractivity contribution is 7.80. The number of fused-ring (bicyclic) bond motifs is 1. The molecule has 0 N–H and O–H groups in total. The first-order valence-corrected chi connectivity index (χ1v) is 6.29. The van der Waals surface area contributed by atoms with Crippen molar-refractivity contribution in [1.82, 2.24) is 0 Å². The summed E-state index contributed by atoms with van der Waals surface area (Å²) in [6.07, 6.45) is 9.65. The Morgan fingerprint density at radius 2 is 2.24 bits per heavy atom. The minimum Gasteiger partial charge on any atom is -0.431 e. The Kier molecular flexibility index (Phi) is 3.57. The summed E-state index contributed by atoms with van der Waals surface area (Å²) < 4.78 is 5.34. The smallest absolute Gasteiger partial charge is 0.313 e. The number of carbonyl (C=O) groups is 1. The van der Waals surface area contributed by atoms with Gasteiger partial charge in [0.15, 0.2) is 0 Å². The fourth-order valence-corrected chi connectivity index (χ4v) is 2.17. The van der Waals surface area contributed by atoms with E-state index in [1.165, 1.54) is 5.57 Å². The molecule has 0 heterocycles. The van der Waals surface area contributed by atoms with Crippen molar-refractivity contribution in [2.75, 3.05) is 0 Å². The molecule has 2 aliphatic carbocycles. The van der Waals surface area contributed by atoms with Gasteiger partial charge in [-0.1, -0.05) is 49.9 Å². The lowest BCUT2D eigenvalue weighted by molar-refractivity contribution is -0.143.